The number of aromatic nitrogens is 1. The van der Waals surface area contributed by atoms with E-state index >= 15 is 0 Å². The van der Waals surface area contributed by atoms with Crippen LogP contribution in [0.2, 0.25) is 5.15 Å². The second-order valence-corrected chi connectivity index (χ2v) is 4.16. The number of rotatable bonds is 5. The van der Waals surface area contributed by atoms with Crippen LogP contribution in [0.1, 0.15) is 17.3 Å². The Morgan fingerprint density at radius 2 is 2.20 bits per heavy atom. The Balaban J connectivity index is 3.14. The molecule has 0 fully saturated rings. The average molecular weight is 301 g/mol. The number of nitro groups is 1. The van der Waals surface area contributed by atoms with E-state index < -0.39 is 16.5 Å². The van der Waals surface area contributed by atoms with E-state index in [2.05, 4.69) is 10.3 Å². The molecule has 1 aromatic rings. The van der Waals surface area contributed by atoms with Crippen molar-refractivity contribution >= 4 is 29.1 Å². The molecule has 9 heteroatoms. The van der Waals surface area contributed by atoms with Gasteiger partial charge in [-0.3, -0.25) is 19.7 Å². The van der Waals surface area contributed by atoms with Crippen molar-refractivity contribution in [2.75, 3.05) is 20.1 Å². The minimum Gasteiger partial charge on any atom is -0.358 e. The number of nitrogens with one attached hydrogen (secondary N) is 1. The summed E-state index contributed by atoms with van der Waals surface area (Å²) in [5.74, 6) is -1.02. The minimum atomic E-state index is -0.718. The molecule has 0 atom stereocenters. The Morgan fingerprint density at radius 3 is 2.70 bits per heavy atom. The first kappa shape index (κ1) is 15.8. The van der Waals surface area contributed by atoms with Gasteiger partial charge in [-0.25, -0.2) is 4.98 Å². The van der Waals surface area contributed by atoms with E-state index in [9.17, 15) is 19.7 Å². The molecule has 0 aliphatic carbocycles. The highest BCUT2D eigenvalue weighted by Crippen LogP contribution is 2.21. The molecule has 0 aliphatic rings. The van der Waals surface area contributed by atoms with Crippen molar-refractivity contribution in [3.63, 3.8) is 0 Å². The fourth-order valence-electron chi connectivity index (χ4n) is 1.49. The number of halogens is 1. The quantitative estimate of drug-likeness (QED) is 0.493. The standard InChI is InChI=1S/C11H13ClN4O4/c1-3-15(6-10(17)13-2)11(18)7-4-9(12)14-5-8(7)16(19)20/h4-5H,3,6H2,1-2H3,(H,13,17). The molecule has 0 spiro atoms. The fraction of sp³-hybridized carbons (Fsp3) is 0.364. The van der Waals surface area contributed by atoms with Crippen LogP contribution in [0.5, 0.6) is 0 Å². The maximum atomic E-state index is 12.3. The van der Waals surface area contributed by atoms with Gasteiger partial charge in [-0.1, -0.05) is 11.6 Å². The van der Waals surface area contributed by atoms with Crippen LogP contribution in [0.15, 0.2) is 12.3 Å². The zero-order valence-corrected chi connectivity index (χ0v) is 11.7. The highest BCUT2D eigenvalue weighted by molar-refractivity contribution is 6.29. The van der Waals surface area contributed by atoms with E-state index in [4.69, 9.17) is 11.6 Å². The summed E-state index contributed by atoms with van der Waals surface area (Å²) in [5, 5.41) is 13.2. The van der Waals surface area contributed by atoms with Crippen molar-refractivity contribution in [3.8, 4) is 0 Å². The SMILES string of the molecule is CCN(CC(=O)NC)C(=O)c1cc(Cl)ncc1[N+](=O)[O-]. The smallest absolute Gasteiger partial charge is 0.300 e. The van der Waals surface area contributed by atoms with Crippen molar-refractivity contribution in [2.45, 2.75) is 6.92 Å². The third-order valence-corrected chi connectivity index (χ3v) is 2.77. The second kappa shape index (κ2) is 6.80. The Bertz CT molecular complexity index is 549. The van der Waals surface area contributed by atoms with Crippen LogP contribution < -0.4 is 5.32 Å². The molecule has 8 nitrogen and oxygen atoms in total. The molecule has 1 heterocycles. The number of likely N-dealkylation sites (N-methyl/N-ethyl adjacent to an activating group) is 2. The van der Waals surface area contributed by atoms with Gasteiger partial charge >= 0.3 is 0 Å². The summed E-state index contributed by atoms with van der Waals surface area (Å²) in [7, 11) is 1.44. The molecular weight excluding hydrogens is 288 g/mol. The topological polar surface area (TPSA) is 105 Å². The van der Waals surface area contributed by atoms with E-state index in [-0.39, 0.29) is 29.7 Å². The number of pyridine rings is 1. The van der Waals surface area contributed by atoms with Crippen LogP contribution in [0, 0.1) is 10.1 Å². The maximum Gasteiger partial charge on any atom is 0.300 e. The summed E-state index contributed by atoms with van der Waals surface area (Å²) in [5.41, 5.74) is -0.643. The van der Waals surface area contributed by atoms with Gasteiger partial charge in [0, 0.05) is 13.6 Å². The lowest BCUT2D eigenvalue weighted by Crippen LogP contribution is -2.39. The van der Waals surface area contributed by atoms with Crippen molar-refractivity contribution in [3.05, 3.63) is 33.1 Å². The summed E-state index contributed by atoms with van der Waals surface area (Å²) < 4.78 is 0. The molecule has 0 aromatic carbocycles. The van der Waals surface area contributed by atoms with Crippen LogP contribution in [-0.4, -0.2) is 46.8 Å². The average Bonchev–Trinajstić information content (AvgIpc) is 2.43. The molecule has 108 valence electrons. The van der Waals surface area contributed by atoms with Gasteiger partial charge in [0.25, 0.3) is 11.6 Å². The van der Waals surface area contributed by atoms with Crippen LogP contribution in [-0.2, 0) is 4.79 Å². The first-order valence-corrected chi connectivity index (χ1v) is 6.08. The van der Waals surface area contributed by atoms with Crippen molar-refractivity contribution in [1.29, 1.82) is 0 Å². The largest absolute Gasteiger partial charge is 0.358 e. The number of carbonyl (C=O) groups excluding carboxylic acids is 2. The zero-order valence-electron chi connectivity index (χ0n) is 10.9. The maximum absolute atomic E-state index is 12.3. The van der Waals surface area contributed by atoms with Gasteiger partial charge in [0.05, 0.1) is 11.5 Å². The number of hydrogen-bond donors (Lipinski definition) is 1. The van der Waals surface area contributed by atoms with Gasteiger partial charge < -0.3 is 10.2 Å². The summed E-state index contributed by atoms with van der Waals surface area (Å²) in [6.07, 6.45) is 0.920. The number of carbonyl (C=O) groups is 2. The van der Waals surface area contributed by atoms with E-state index in [0.717, 1.165) is 12.3 Å². The number of amides is 2. The van der Waals surface area contributed by atoms with E-state index in [1.807, 2.05) is 0 Å². The Hall–Kier alpha value is -2.22. The second-order valence-electron chi connectivity index (χ2n) is 3.77. The van der Waals surface area contributed by atoms with Crippen LogP contribution >= 0.6 is 11.6 Å². The molecule has 2 amide bonds. The van der Waals surface area contributed by atoms with E-state index in [1.54, 1.807) is 6.92 Å². The molecule has 1 aromatic heterocycles. The van der Waals surface area contributed by atoms with Gasteiger partial charge in [-0.2, -0.15) is 0 Å². The molecule has 0 radical (unpaired) electrons. The van der Waals surface area contributed by atoms with Crippen molar-refractivity contribution < 1.29 is 14.5 Å². The van der Waals surface area contributed by atoms with Crippen LogP contribution in [0.3, 0.4) is 0 Å². The highest BCUT2D eigenvalue weighted by atomic mass is 35.5. The summed E-state index contributed by atoms with van der Waals surface area (Å²) in [4.78, 5) is 38.5. The Morgan fingerprint density at radius 1 is 1.55 bits per heavy atom. The molecule has 0 bridgehead atoms. The van der Waals surface area contributed by atoms with Crippen molar-refractivity contribution in [2.24, 2.45) is 0 Å². The molecule has 20 heavy (non-hydrogen) atoms. The van der Waals surface area contributed by atoms with Gasteiger partial charge in [0.2, 0.25) is 5.91 Å². The van der Waals surface area contributed by atoms with Gasteiger partial charge in [0.15, 0.2) is 0 Å². The highest BCUT2D eigenvalue weighted by Gasteiger charge is 2.26. The summed E-state index contributed by atoms with van der Waals surface area (Å²) >= 11 is 5.66. The third-order valence-electron chi connectivity index (χ3n) is 2.56. The number of hydrogen-bond acceptors (Lipinski definition) is 5. The monoisotopic (exact) mass is 300 g/mol. The first-order valence-electron chi connectivity index (χ1n) is 5.70. The van der Waals surface area contributed by atoms with Crippen molar-refractivity contribution in [1.82, 2.24) is 15.2 Å². The lowest BCUT2D eigenvalue weighted by molar-refractivity contribution is -0.385. The zero-order chi connectivity index (χ0) is 15.3. The Kier molecular flexibility index (Phi) is 5.39. The number of nitrogens with zero attached hydrogens (tertiary/aromatic N) is 3. The molecule has 0 aliphatic heterocycles. The fourth-order valence-corrected chi connectivity index (χ4v) is 1.65. The lowest BCUT2D eigenvalue weighted by Gasteiger charge is -2.19. The van der Waals surface area contributed by atoms with Crippen LogP contribution in [0.4, 0.5) is 5.69 Å². The Labute approximate surface area is 119 Å². The molecule has 0 unspecified atom stereocenters. The summed E-state index contributed by atoms with van der Waals surface area (Å²) in [6, 6.07) is 1.12. The lowest BCUT2D eigenvalue weighted by atomic mass is 10.2. The summed E-state index contributed by atoms with van der Waals surface area (Å²) in [6.45, 7) is 1.70. The molecule has 0 saturated heterocycles. The van der Waals surface area contributed by atoms with Gasteiger partial charge in [-0.05, 0) is 13.0 Å². The normalized spacial score (nSPS) is 9.95. The predicted molar refractivity (Wildman–Crippen MR) is 71.5 cm³/mol. The molecular formula is C11H13ClN4O4. The predicted octanol–water partition coefficient (Wildman–Crippen LogP) is 0.851. The third kappa shape index (κ3) is 3.64. The van der Waals surface area contributed by atoms with Crippen LogP contribution in [0.25, 0.3) is 0 Å². The van der Waals surface area contributed by atoms with Gasteiger partial charge in [-0.15, -0.1) is 0 Å². The van der Waals surface area contributed by atoms with E-state index in [1.165, 1.54) is 11.9 Å². The molecule has 0 saturated carbocycles. The molecule has 1 rings (SSSR count). The van der Waals surface area contributed by atoms with E-state index in [0.29, 0.717) is 0 Å². The molecule has 1 N–H and O–H groups in total. The minimum absolute atomic E-state index is 0.0325. The van der Waals surface area contributed by atoms with Gasteiger partial charge in [0.1, 0.15) is 16.9 Å². The first-order chi connectivity index (χ1) is 9.40.